The molecular weight excluding hydrogens is 194 g/mol. The fourth-order valence-corrected chi connectivity index (χ4v) is 1.07. The van der Waals surface area contributed by atoms with Gasteiger partial charge in [0, 0.05) is 0 Å². The van der Waals surface area contributed by atoms with Gasteiger partial charge in [-0.25, -0.2) is 0 Å². The molecule has 1 rings (SSSR count). The number of pyridine rings is 1. The second-order valence-corrected chi connectivity index (χ2v) is 2.55. The molecule has 0 aliphatic carbocycles. The first-order valence-electron chi connectivity index (χ1n) is 2.68. The van der Waals surface area contributed by atoms with Gasteiger partial charge in [-0.05, 0) is 28.1 Å². The monoisotopic (exact) mass is 199 g/mol. The summed E-state index contributed by atoms with van der Waals surface area (Å²) in [4.78, 5) is 0. The molecule has 0 saturated carbocycles. The molecule has 0 amide bonds. The van der Waals surface area contributed by atoms with Crippen molar-refractivity contribution in [1.29, 1.82) is 10.8 Å². The summed E-state index contributed by atoms with van der Waals surface area (Å²) in [5.74, 6) is 0. The zero-order chi connectivity index (χ0) is 7.56. The van der Waals surface area contributed by atoms with E-state index in [0.717, 1.165) is 10.9 Å². The van der Waals surface area contributed by atoms with Crippen molar-refractivity contribution >= 4 is 22.3 Å². The van der Waals surface area contributed by atoms with E-state index in [-0.39, 0.29) is 0 Å². The van der Waals surface area contributed by atoms with Crippen molar-refractivity contribution in [1.82, 2.24) is 4.57 Å². The fraction of sp³-hybridized carbons (Fsp3) is 0. The summed E-state index contributed by atoms with van der Waals surface area (Å²) in [6, 6.07) is 5.16. The van der Waals surface area contributed by atoms with Crippen LogP contribution >= 0.6 is 15.9 Å². The second kappa shape index (κ2) is 2.79. The lowest BCUT2D eigenvalue weighted by Gasteiger charge is -1.99. The quantitative estimate of drug-likeness (QED) is 0.388. The molecule has 2 N–H and O–H groups in total. The zero-order valence-electron chi connectivity index (χ0n) is 5.13. The Labute approximate surface area is 66.5 Å². The lowest BCUT2D eigenvalue weighted by Crippen LogP contribution is -2.18. The van der Waals surface area contributed by atoms with Crippen molar-refractivity contribution in [2.24, 2.45) is 0 Å². The van der Waals surface area contributed by atoms with Gasteiger partial charge in [-0.3, -0.25) is 15.4 Å². The topological polar surface area (TPSA) is 52.6 Å². The first kappa shape index (κ1) is 7.21. The van der Waals surface area contributed by atoms with E-state index in [1.807, 2.05) is 0 Å². The average molecular weight is 200 g/mol. The summed E-state index contributed by atoms with van der Waals surface area (Å²) >= 11 is 3.20. The van der Waals surface area contributed by atoms with Gasteiger partial charge < -0.3 is 0 Å². The Bertz CT molecular complexity index is 302. The molecule has 0 aliphatic rings. The molecule has 1 aromatic rings. The van der Waals surface area contributed by atoms with Gasteiger partial charge in [0.05, 0.1) is 10.9 Å². The van der Waals surface area contributed by atoms with Crippen LogP contribution in [-0.4, -0.2) is 10.9 Å². The van der Waals surface area contributed by atoms with E-state index in [4.69, 9.17) is 10.8 Å². The van der Waals surface area contributed by atoms with Crippen molar-refractivity contribution in [3.63, 3.8) is 0 Å². The van der Waals surface area contributed by atoms with E-state index >= 15 is 0 Å². The predicted octanol–water partition coefficient (Wildman–Crippen LogP) is 1.19. The van der Waals surface area contributed by atoms with Crippen LogP contribution in [-0.2, 0) is 0 Å². The van der Waals surface area contributed by atoms with Gasteiger partial charge in [0.1, 0.15) is 5.49 Å². The predicted molar refractivity (Wildman–Crippen MR) is 42.2 cm³/mol. The van der Waals surface area contributed by atoms with E-state index in [0.29, 0.717) is 5.49 Å². The number of nitrogens with zero attached hydrogens (tertiary/aromatic N) is 1. The first-order chi connectivity index (χ1) is 4.75. The third kappa shape index (κ3) is 1.16. The highest BCUT2D eigenvalue weighted by Gasteiger charge is 1.90. The Morgan fingerprint density at radius 1 is 1.50 bits per heavy atom. The number of halogens is 1. The molecule has 0 spiro atoms. The minimum atomic E-state index is 0.296. The van der Waals surface area contributed by atoms with E-state index in [2.05, 4.69) is 15.9 Å². The fourth-order valence-electron chi connectivity index (χ4n) is 0.626. The number of hydrogen-bond donors (Lipinski definition) is 2. The van der Waals surface area contributed by atoms with E-state index in [9.17, 15) is 0 Å². The first-order valence-corrected chi connectivity index (χ1v) is 3.47. The number of aromatic nitrogens is 1. The molecule has 1 aromatic heterocycles. The molecule has 4 heteroatoms. The zero-order valence-corrected chi connectivity index (χ0v) is 6.72. The maximum atomic E-state index is 7.29. The highest BCUT2D eigenvalue weighted by atomic mass is 79.9. The van der Waals surface area contributed by atoms with Gasteiger partial charge in [-0.2, -0.15) is 0 Å². The molecule has 0 aromatic carbocycles. The van der Waals surface area contributed by atoms with E-state index < -0.39 is 0 Å². The molecule has 10 heavy (non-hydrogen) atoms. The van der Waals surface area contributed by atoms with Crippen LogP contribution in [0.2, 0.25) is 0 Å². The van der Waals surface area contributed by atoms with Crippen LogP contribution in [0.3, 0.4) is 0 Å². The molecule has 0 radical (unpaired) electrons. The number of hydrogen-bond acceptors (Lipinski definition) is 2. The smallest absolute Gasteiger partial charge is 0.130 e. The number of rotatable bonds is 1. The van der Waals surface area contributed by atoms with Gasteiger partial charge >= 0.3 is 0 Å². The minimum absolute atomic E-state index is 0.296. The minimum Gasteiger partial charge on any atom is -0.291 e. The van der Waals surface area contributed by atoms with Crippen LogP contribution < -0.4 is 5.49 Å². The van der Waals surface area contributed by atoms with Crippen molar-refractivity contribution < 1.29 is 0 Å². The lowest BCUT2D eigenvalue weighted by molar-refractivity contribution is 0.963. The maximum absolute atomic E-state index is 7.29. The summed E-state index contributed by atoms with van der Waals surface area (Å²) in [5.41, 5.74) is 0.296. The summed E-state index contributed by atoms with van der Waals surface area (Å²) in [7, 11) is 0. The van der Waals surface area contributed by atoms with Crippen molar-refractivity contribution in [3.8, 4) is 0 Å². The highest BCUT2D eigenvalue weighted by molar-refractivity contribution is 9.10. The highest BCUT2D eigenvalue weighted by Crippen LogP contribution is 2.02. The summed E-state index contributed by atoms with van der Waals surface area (Å²) < 4.78 is 2.13. The summed E-state index contributed by atoms with van der Waals surface area (Å²) in [6.45, 7) is 0. The molecule has 52 valence electrons. The maximum Gasteiger partial charge on any atom is 0.130 e. The molecule has 1 heterocycles. The third-order valence-electron chi connectivity index (χ3n) is 1.11. The number of nitrogens with one attached hydrogen (secondary N) is 2. The average Bonchev–Trinajstić information content (AvgIpc) is 1.88. The van der Waals surface area contributed by atoms with Crippen LogP contribution in [0.1, 0.15) is 0 Å². The van der Waals surface area contributed by atoms with Gasteiger partial charge in [0.25, 0.3) is 0 Å². The van der Waals surface area contributed by atoms with Crippen LogP contribution in [0, 0.1) is 10.8 Å². The molecular formula is C6H6BrN3. The second-order valence-electron chi connectivity index (χ2n) is 1.73. The Hall–Kier alpha value is -0.900. The third-order valence-corrected chi connectivity index (χ3v) is 1.75. The van der Waals surface area contributed by atoms with Crippen molar-refractivity contribution in [3.05, 3.63) is 28.3 Å². The molecule has 0 saturated heterocycles. The Morgan fingerprint density at radius 3 is 2.60 bits per heavy atom. The van der Waals surface area contributed by atoms with E-state index in [1.54, 1.807) is 18.2 Å². The van der Waals surface area contributed by atoms with Crippen molar-refractivity contribution in [2.45, 2.75) is 0 Å². The molecule has 0 unspecified atom stereocenters. The molecule has 0 atom stereocenters. The van der Waals surface area contributed by atoms with Crippen LogP contribution in [0.5, 0.6) is 0 Å². The summed E-state index contributed by atoms with van der Waals surface area (Å²) in [6.07, 6.45) is 1.09. The normalized spacial score (nSPS) is 9.30. The Kier molecular flexibility index (Phi) is 2.01. The SMILES string of the molecule is N=Cn1c(Br)cccc1=N. The molecule has 0 aliphatic heterocycles. The van der Waals surface area contributed by atoms with Crippen LogP contribution in [0.25, 0.3) is 0 Å². The Morgan fingerprint density at radius 2 is 2.20 bits per heavy atom. The molecule has 3 nitrogen and oxygen atoms in total. The largest absolute Gasteiger partial charge is 0.291 e. The lowest BCUT2D eigenvalue weighted by atomic mass is 10.5. The molecule has 0 bridgehead atoms. The van der Waals surface area contributed by atoms with Crippen LogP contribution in [0.4, 0.5) is 0 Å². The van der Waals surface area contributed by atoms with Crippen LogP contribution in [0.15, 0.2) is 22.8 Å². The standard InChI is InChI=1S/C6H6BrN3/c7-5-2-1-3-6(9)10(5)4-8/h1-4,8-9H. The van der Waals surface area contributed by atoms with Gasteiger partial charge in [0.2, 0.25) is 0 Å². The Balaban J connectivity index is 3.45. The summed E-state index contributed by atoms with van der Waals surface area (Å²) in [5, 5.41) is 14.2. The van der Waals surface area contributed by atoms with E-state index in [1.165, 1.54) is 4.57 Å². The van der Waals surface area contributed by atoms with Gasteiger partial charge in [-0.1, -0.05) is 6.07 Å². The van der Waals surface area contributed by atoms with Gasteiger partial charge in [-0.15, -0.1) is 0 Å². The van der Waals surface area contributed by atoms with Gasteiger partial charge in [0.15, 0.2) is 0 Å². The van der Waals surface area contributed by atoms with Crippen molar-refractivity contribution in [2.75, 3.05) is 0 Å². The molecule has 0 fully saturated rings.